The summed E-state index contributed by atoms with van der Waals surface area (Å²) in [6, 6.07) is 17.5. The van der Waals surface area contributed by atoms with E-state index in [1.165, 1.54) is 0 Å². The van der Waals surface area contributed by atoms with Crippen molar-refractivity contribution in [3.63, 3.8) is 0 Å². The fourth-order valence-corrected chi connectivity index (χ4v) is 3.87. The molecule has 4 heterocycles. The summed E-state index contributed by atoms with van der Waals surface area (Å²) in [5.41, 5.74) is 3.33. The SMILES string of the molecule is Cc1ccn(-c2ccc(N3CCN(C(=O)c4cc(-c5ccccc5)nn4C)CC3)nn2)n1. The second-order valence-electron chi connectivity index (χ2n) is 7.84. The van der Waals surface area contributed by atoms with Crippen LogP contribution >= 0.6 is 0 Å². The van der Waals surface area contributed by atoms with Crippen LogP contribution in [0.4, 0.5) is 5.82 Å². The predicted octanol–water partition coefficient (Wildman–Crippen LogP) is 2.33. The van der Waals surface area contributed by atoms with Crippen LogP contribution in [-0.2, 0) is 7.05 Å². The number of hydrogen-bond acceptors (Lipinski definition) is 6. The lowest BCUT2D eigenvalue weighted by Crippen LogP contribution is -2.49. The van der Waals surface area contributed by atoms with Gasteiger partial charge in [0.2, 0.25) is 0 Å². The third kappa shape index (κ3) is 3.84. The van der Waals surface area contributed by atoms with Crippen LogP contribution in [0.25, 0.3) is 17.1 Å². The summed E-state index contributed by atoms with van der Waals surface area (Å²) in [5.74, 6) is 1.48. The first-order valence-corrected chi connectivity index (χ1v) is 10.6. The molecule has 32 heavy (non-hydrogen) atoms. The van der Waals surface area contributed by atoms with E-state index in [0.29, 0.717) is 37.7 Å². The van der Waals surface area contributed by atoms with Crippen LogP contribution in [-0.4, -0.2) is 66.7 Å². The summed E-state index contributed by atoms with van der Waals surface area (Å²) >= 11 is 0. The van der Waals surface area contributed by atoms with Crippen molar-refractivity contribution in [2.75, 3.05) is 31.1 Å². The zero-order chi connectivity index (χ0) is 22.1. The maximum Gasteiger partial charge on any atom is 0.272 e. The fourth-order valence-electron chi connectivity index (χ4n) is 3.87. The predicted molar refractivity (Wildman–Crippen MR) is 121 cm³/mol. The molecule has 1 aliphatic heterocycles. The molecular formula is C23H24N8O. The van der Waals surface area contributed by atoms with E-state index in [1.54, 1.807) is 9.36 Å². The lowest BCUT2D eigenvalue weighted by molar-refractivity contribution is 0.0735. The first-order valence-electron chi connectivity index (χ1n) is 10.6. The third-order valence-corrected chi connectivity index (χ3v) is 5.65. The van der Waals surface area contributed by atoms with Crippen molar-refractivity contribution in [3.05, 3.63) is 72.2 Å². The Morgan fingerprint density at radius 3 is 2.25 bits per heavy atom. The molecule has 1 aliphatic rings. The number of benzene rings is 1. The van der Waals surface area contributed by atoms with Gasteiger partial charge >= 0.3 is 0 Å². The summed E-state index contributed by atoms with van der Waals surface area (Å²) in [6.45, 7) is 4.57. The summed E-state index contributed by atoms with van der Waals surface area (Å²) in [4.78, 5) is 17.1. The Labute approximate surface area is 185 Å². The summed E-state index contributed by atoms with van der Waals surface area (Å²) in [7, 11) is 1.81. The van der Waals surface area contributed by atoms with Gasteiger partial charge in [0.25, 0.3) is 5.91 Å². The molecular weight excluding hydrogens is 404 g/mol. The molecule has 0 saturated carbocycles. The van der Waals surface area contributed by atoms with E-state index in [9.17, 15) is 4.79 Å². The number of hydrogen-bond donors (Lipinski definition) is 0. The van der Waals surface area contributed by atoms with E-state index in [1.807, 2.05) is 79.7 Å². The average molecular weight is 429 g/mol. The van der Waals surface area contributed by atoms with Crippen molar-refractivity contribution in [2.24, 2.45) is 7.05 Å². The van der Waals surface area contributed by atoms with Crippen LogP contribution < -0.4 is 4.90 Å². The Morgan fingerprint density at radius 1 is 0.875 bits per heavy atom. The number of aromatic nitrogens is 6. The van der Waals surface area contributed by atoms with Crippen molar-refractivity contribution in [2.45, 2.75) is 6.92 Å². The third-order valence-electron chi connectivity index (χ3n) is 5.65. The topological polar surface area (TPSA) is 85.0 Å². The number of anilines is 1. The molecule has 0 unspecified atom stereocenters. The summed E-state index contributed by atoms with van der Waals surface area (Å²) in [6.07, 6.45) is 1.87. The van der Waals surface area contributed by atoms with Crippen molar-refractivity contribution in [1.29, 1.82) is 0 Å². The normalized spacial score (nSPS) is 14.1. The van der Waals surface area contributed by atoms with Crippen molar-refractivity contribution < 1.29 is 4.79 Å². The van der Waals surface area contributed by atoms with Crippen LogP contribution in [0.15, 0.2) is 60.8 Å². The number of rotatable bonds is 4. The zero-order valence-electron chi connectivity index (χ0n) is 18.1. The van der Waals surface area contributed by atoms with E-state index in [0.717, 1.165) is 22.8 Å². The molecule has 0 atom stereocenters. The van der Waals surface area contributed by atoms with E-state index >= 15 is 0 Å². The van der Waals surface area contributed by atoms with E-state index < -0.39 is 0 Å². The van der Waals surface area contributed by atoms with Gasteiger partial charge in [0.05, 0.1) is 11.4 Å². The van der Waals surface area contributed by atoms with Crippen LogP contribution in [0.2, 0.25) is 0 Å². The van der Waals surface area contributed by atoms with Crippen LogP contribution in [0.3, 0.4) is 0 Å². The molecule has 3 aromatic heterocycles. The number of amides is 1. The number of carbonyl (C=O) groups is 1. The molecule has 1 aromatic carbocycles. The maximum atomic E-state index is 13.1. The minimum atomic E-state index is -0.00249. The van der Waals surface area contributed by atoms with Crippen LogP contribution in [0, 0.1) is 6.92 Å². The van der Waals surface area contributed by atoms with E-state index in [-0.39, 0.29) is 5.91 Å². The molecule has 0 bridgehead atoms. The number of piperazine rings is 1. The van der Waals surface area contributed by atoms with Crippen molar-refractivity contribution >= 4 is 11.7 Å². The van der Waals surface area contributed by atoms with Gasteiger partial charge < -0.3 is 9.80 Å². The second-order valence-corrected chi connectivity index (χ2v) is 7.84. The highest BCUT2D eigenvalue weighted by Crippen LogP contribution is 2.20. The Hall–Kier alpha value is -4.01. The van der Waals surface area contributed by atoms with Gasteiger partial charge in [-0.15, -0.1) is 10.2 Å². The van der Waals surface area contributed by atoms with Gasteiger partial charge in [-0.1, -0.05) is 30.3 Å². The van der Waals surface area contributed by atoms with E-state index in [4.69, 9.17) is 0 Å². The highest BCUT2D eigenvalue weighted by molar-refractivity contribution is 5.94. The molecule has 0 aliphatic carbocycles. The molecule has 1 saturated heterocycles. The molecule has 0 spiro atoms. The largest absolute Gasteiger partial charge is 0.352 e. The van der Waals surface area contributed by atoms with Gasteiger partial charge in [0.1, 0.15) is 5.69 Å². The highest BCUT2D eigenvalue weighted by atomic mass is 16.2. The molecule has 9 nitrogen and oxygen atoms in total. The Kier molecular flexibility index (Phi) is 5.14. The Morgan fingerprint density at radius 2 is 1.59 bits per heavy atom. The second kappa shape index (κ2) is 8.26. The minimum Gasteiger partial charge on any atom is -0.352 e. The Balaban J connectivity index is 1.24. The zero-order valence-corrected chi connectivity index (χ0v) is 18.1. The monoisotopic (exact) mass is 428 g/mol. The van der Waals surface area contributed by atoms with Crippen LogP contribution in [0.1, 0.15) is 16.2 Å². The Bertz CT molecular complexity index is 1220. The molecule has 5 rings (SSSR count). The number of carbonyl (C=O) groups excluding carboxylic acids is 1. The van der Waals surface area contributed by atoms with Gasteiger partial charge in [0, 0.05) is 45.0 Å². The molecule has 1 fully saturated rings. The maximum absolute atomic E-state index is 13.1. The fraction of sp³-hybridized carbons (Fsp3) is 0.261. The minimum absolute atomic E-state index is 0.00249. The van der Waals surface area contributed by atoms with Crippen molar-refractivity contribution in [1.82, 2.24) is 34.7 Å². The smallest absolute Gasteiger partial charge is 0.272 e. The molecule has 4 aromatic rings. The molecule has 162 valence electrons. The van der Waals surface area contributed by atoms with Crippen molar-refractivity contribution in [3.8, 4) is 17.1 Å². The molecule has 0 radical (unpaired) electrons. The van der Waals surface area contributed by atoms with Crippen LogP contribution in [0.5, 0.6) is 0 Å². The lowest BCUT2D eigenvalue weighted by Gasteiger charge is -2.35. The molecule has 9 heteroatoms. The quantitative estimate of drug-likeness (QED) is 0.496. The first-order chi connectivity index (χ1) is 15.6. The lowest BCUT2D eigenvalue weighted by atomic mass is 10.1. The molecule has 1 amide bonds. The summed E-state index contributed by atoms with van der Waals surface area (Å²) in [5, 5.41) is 17.5. The van der Waals surface area contributed by atoms with Gasteiger partial charge in [-0.05, 0) is 31.2 Å². The first kappa shape index (κ1) is 19.9. The van der Waals surface area contributed by atoms with Gasteiger partial charge in [-0.3, -0.25) is 9.48 Å². The highest BCUT2D eigenvalue weighted by Gasteiger charge is 2.25. The number of nitrogens with zero attached hydrogens (tertiary/aromatic N) is 8. The average Bonchev–Trinajstić information content (AvgIpc) is 3.45. The standard InChI is InChI=1S/C23H24N8O/c1-17-10-11-31(26-17)22-9-8-21(24-25-22)29-12-14-30(15-13-29)23(32)20-16-19(27-28(20)2)18-6-4-3-5-7-18/h3-11,16H,12-15H2,1-2H3. The summed E-state index contributed by atoms with van der Waals surface area (Å²) < 4.78 is 3.37. The van der Waals surface area contributed by atoms with Gasteiger partial charge in [-0.2, -0.15) is 10.2 Å². The molecule has 0 N–H and O–H groups in total. The van der Waals surface area contributed by atoms with E-state index in [2.05, 4.69) is 25.3 Å². The van der Waals surface area contributed by atoms with Gasteiger partial charge in [-0.25, -0.2) is 4.68 Å². The number of aryl methyl sites for hydroxylation is 2. The van der Waals surface area contributed by atoms with Gasteiger partial charge in [0.15, 0.2) is 11.6 Å².